The van der Waals surface area contributed by atoms with Crippen molar-refractivity contribution in [2.45, 2.75) is 43.9 Å². The topological polar surface area (TPSA) is 95.5 Å². The Hall–Kier alpha value is -2.52. The molecule has 31 heavy (non-hydrogen) atoms. The van der Waals surface area contributed by atoms with Crippen LogP contribution < -0.4 is 10.2 Å². The Balaban J connectivity index is 1.43. The van der Waals surface area contributed by atoms with E-state index in [0.717, 1.165) is 56.9 Å². The molecule has 3 heterocycles. The summed E-state index contributed by atoms with van der Waals surface area (Å²) < 4.78 is 27.1. The fraction of sp³-hybridized carbons (Fsp3) is 0.500. The summed E-state index contributed by atoms with van der Waals surface area (Å²) in [7, 11) is -3.51. The molecule has 1 aromatic carbocycles. The highest BCUT2D eigenvalue weighted by molar-refractivity contribution is 7.89. The molecule has 0 aliphatic carbocycles. The molecule has 2 aliphatic heterocycles. The number of piperidine rings is 2. The summed E-state index contributed by atoms with van der Waals surface area (Å²) in [6.07, 6.45) is 6.54. The second-order valence-electron chi connectivity index (χ2n) is 8.37. The molecule has 2 fully saturated rings. The molecule has 0 atom stereocenters. The first-order valence-electron chi connectivity index (χ1n) is 10.9. The predicted molar refractivity (Wildman–Crippen MR) is 120 cm³/mol. The number of hydrogen-bond donors (Lipinski definition) is 1. The molecule has 0 radical (unpaired) electrons. The number of nitrogens with one attached hydrogen (secondary N) is 1. The van der Waals surface area contributed by atoms with Crippen LogP contribution in [0.3, 0.4) is 0 Å². The number of anilines is 2. The second-order valence-corrected chi connectivity index (χ2v) is 10.3. The third-order valence-corrected chi connectivity index (χ3v) is 7.98. The lowest BCUT2D eigenvalue weighted by Crippen LogP contribution is -2.35. The normalized spacial score (nSPS) is 18.7. The molecule has 0 bridgehead atoms. The average Bonchev–Trinajstić information content (AvgIpc) is 2.80. The third-order valence-electron chi connectivity index (χ3n) is 6.07. The summed E-state index contributed by atoms with van der Waals surface area (Å²) in [6.45, 7) is 5.25. The number of nitrogens with zero attached hydrogens (tertiary/aromatic N) is 4. The van der Waals surface area contributed by atoms with Crippen LogP contribution in [0, 0.1) is 5.92 Å². The van der Waals surface area contributed by atoms with E-state index in [-0.39, 0.29) is 10.8 Å². The first-order valence-corrected chi connectivity index (χ1v) is 12.4. The van der Waals surface area contributed by atoms with E-state index in [4.69, 9.17) is 0 Å². The summed E-state index contributed by atoms with van der Waals surface area (Å²) in [6, 6.07) is 7.86. The van der Waals surface area contributed by atoms with Crippen LogP contribution in [0.2, 0.25) is 0 Å². The van der Waals surface area contributed by atoms with Crippen LogP contribution in [0.25, 0.3) is 0 Å². The summed E-state index contributed by atoms with van der Waals surface area (Å²) in [5.74, 6) is 1.62. The second kappa shape index (κ2) is 9.32. The molecule has 1 amide bonds. The lowest BCUT2D eigenvalue weighted by atomic mass is 9.99. The van der Waals surface area contributed by atoms with Gasteiger partial charge < -0.3 is 10.2 Å². The zero-order chi connectivity index (χ0) is 21.8. The zero-order valence-corrected chi connectivity index (χ0v) is 18.6. The minimum atomic E-state index is -3.51. The van der Waals surface area contributed by atoms with E-state index in [1.807, 2.05) is 0 Å². The highest BCUT2D eigenvalue weighted by Gasteiger charge is 2.26. The highest BCUT2D eigenvalue weighted by atomic mass is 32.2. The SMILES string of the molecule is CC1CCN(c2cc(NC(=O)c3ccc(S(=O)(=O)N4CCCCC4)cc3)ncn2)CC1. The Morgan fingerprint density at radius 2 is 1.68 bits per heavy atom. The molecule has 2 saturated heterocycles. The number of carbonyl (C=O) groups is 1. The van der Waals surface area contributed by atoms with Crippen LogP contribution in [-0.2, 0) is 10.0 Å². The van der Waals surface area contributed by atoms with Crippen LogP contribution in [0.1, 0.15) is 49.4 Å². The van der Waals surface area contributed by atoms with Gasteiger partial charge in [-0.05, 0) is 55.9 Å². The maximum absolute atomic E-state index is 12.8. The largest absolute Gasteiger partial charge is 0.356 e. The lowest BCUT2D eigenvalue weighted by Gasteiger charge is -2.31. The van der Waals surface area contributed by atoms with Crippen LogP contribution in [0.15, 0.2) is 41.6 Å². The Morgan fingerprint density at radius 3 is 2.35 bits per heavy atom. The Bertz CT molecular complexity index is 1010. The number of amides is 1. The molecule has 2 aromatic rings. The van der Waals surface area contributed by atoms with Crippen molar-refractivity contribution in [3.05, 3.63) is 42.2 Å². The Labute approximate surface area is 183 Å². The molecule has 1 N–H and O–H groups in total. The van der Waals surface area contributed by atoms with E-state index in [9.17, 15) is 13.2 Å². The summed E-state index contributed by atoms with van der Waals surface area (Å²) in [4.78, 5) is 23.6. The van der Waals surface area contributed by atoms with Gasteiger partial charge in [0.05, 0.1) is 4.90 Å². The first-order chi connectivity index (χ1) is 14.9. The number of hydrogen-bond acceptors (Lipinski definition) is 6. The lowest BCUT2D eigenvalue weighted by molar-refractivity contribution is 0.102. The van der Waals surface area contributed by atoms with Gasteiger partial charge in [0.15, 0.2) is 0 Å². The smallest absolute Gasteiger partial charge is 0.256 e. The van der Waals surface area contributed by atoms with E-state index in [0.29, 0.717) is 24.5 Å². The molecule has 0 saturated carbocycles. The number of carbonyl (C=O) groups excluding carboxylic acids is 1. The predicted octanol–water partition coefficient (Wildman–Crippen LogP) is 3.14. The van der Waals surface area contributed by atoms with Crippen molar-refractivity contribution >= 4 is 27.6 Å². The Kier molecular flexibility index (Phi) is 6.52. The van der Waals surface area contributed by atoms with Crippen LogP contribution in [0.5, 0.6) is 0 Å². The quantitative estimate of drug-likeness (QED) is 0.763. The first kappa shape index (κ1) is 21.7. The van der Waals surface area contributed by atoms with Crippen molar-refractivity contribution < 1.29 is 13.2 Å². The van der Waals surface area contributed by atoms with Crippen LogP contribution >= 0.6 is 0 Å². The minimum Gasteiger partial charge on any atom is -0.356 e. The standard InChI is InChI=1S/C22H29N5O3S/c1-17-9-13-26(14-10-17)21-15-20(23-16-24-21)25-22(28)18-5-7-19(8-6-18)31(29,30)27-11-3-2-4-12-27/h5-8,15-17H,2-4,9-14H2,1H3,(H,23,24,25,28). The van der Waals surface area contributed by atoms with E-state index < -0.39 is 10.0 Å². The highest BCUT2D eigenvalue weighted by Crippen LogP contribution is 2.23. The summed E-state index contributed by atoms with van der Waals surface area (Å²) >= 11 is 0. The third kappa shape index (κ3) is 5.04. The van der Waals surface area contributed by atoms with E-state index >= 15 is 0 Å². The number of benzene rings is 1. The molecule has 166 valence electrons. The molecule has 9 heteroatoms. The van der Waals surface area contributed by atoms with Gasteiger partial charge in [-0.25, -0.2) is 18.4 Å². The average molecular weight is 444 g/mol. The van der Waals surface area contributed by atoms with Gasteiger partial charge in [0.2, 0.25) is 10.0 Å². The molecule has 0 unspecified atom stereocenters. The van der Waals surface area contributed by atoms with Crippen molar-refractivity contribution in [3.8, 4) is 0 Å². The van der Waals surface area contributed by atoms with E-state index in [1.165, 1.54) is 22.8 Å². The Morgan fingerprint density at radius 1 is 1.00 bits per heavy atom. The van der Waals surface area contributed by atoms with Gasteiger partial charge in [0, 0.05) is 37.8 Å². The van der Waals surface area contributed by atoms with Gasteiger partial charge in [0.25, 0.3) is 5.91 Å². The molecule has 2 aliphatic rings. The van der Waals surface area contributed by atoms with Crippen LogP contribution in [-0.4, -0.2) is 54.8 Å². The summed E-state index contributed by atoms with van der Waals surface area (Å²) in [5.41, 5.74) is 0.379. The van der Waals surface area contributed by atoms with E-state index in [1.54, 1.807) is 18.2 Å². The molecule has 4 rings (SSSR count). The number of aromatic nitrogens is 2. The monoisotopic (exact) mass is 443 g/mol. The minimum absolute atomic E-state index is 0.217. The van der Waals surface area contributed by atoms with Crippen molar-refractivity contribution in [2.24, 2.45) is 5.92 Å². The number of sulfonamides is 1. The molecular formula is C22H29N5O3S. The van der Waals surface area contributed by atoms with Crippen molar-refractivity contribution in [3.63, 3.8) is 0 Å². The van der Waals surface area contributed by atoms with Gasteiger partial charge in [-0.2, -0.15) is 4.31 Å². The fourth-order valence-corrected chi connectivity index (χ4v) is 5.56. The van der Waals surface area contributed by atoms with Gasteiger partial charge in [0.1, 0.15) is 18.0 Å². The van der Waals surface area contributed by atoms with Gasteiger partial charge in [-0.15, -0.1) is 0 Å². The molecule has 8 nitrogen and oxygen atoms in total. The van der Waals surface area contributed by atoms with Crippen molar-refractivity contribution in [1.82, 2.24) is 14.3 Å². The molecule has 0 spiro atoms. The molecular weight excluding hydrogens is 414 g/mol. The van der Waals surface area contributed by atoms with Gasteiger partial charge in [-0.1, -0.05) is 13.3 Å². The van der Waals surface area contributed by atoms with Crippen molar-refractivity contribution in [2.75, 3.05) is 36.4 Å². The number of rotatable bonds is 5. The van der Waals surface area contributed by atoms with Gasteiger partial charge >= 0.3 is 0 Å². The van der Waals surface area contributed by atoms with Gasteiger partial charge in [-0.3, -0.25) is 4.79 Å². The maximum atomic E-state index is 12.8. The van der Waals surface area contributed by atoms with Crippen LogP contribution in [0.4, 0.5) is 11.6 Å². The van der Waals surface area contributed by atoms with E-state index in [2.05, 4.69) is 27.1 Å². The summed E-state index contributed by atoms with van der Waals surface area (Å²) in [5, 5.41) is 2.79. The zero-order valence-electron chi connectivity index (χ0n) is 17.8. The fourth-order valence-electron chi connectivity index (χ4n) is 4.05. The van der Waals surface area contributed by atoms with Crippen molar-refractivity contribution in [1.29, 1.82) is 0 Å². The maximum Gasteiger partial charge on any atom is 0.256 e. The molecule has 1 aromatic heterocycles.